The lowest BCUT2D eigenvalue weighted by Gasteiger charge is -2.39. The predicted octanol–water partition coefficient (Wildman–Crippen LogP) is 7.71. The Balaban J connectivity index is 1.63. The molecular weight excluding hydrogens is 649 g/mol. The van der Waals surface area contributed by atoms with Crippen LogP contribution in [-0.4, -0.2) is 86.1 Å². The Hall–Kier alpha value is -1.55. The average molecular weight is 701 g/mol. The summed E-state index contributed by atoms with van der Waals surface area (Å²) >= 11 is 3.59. The molecule has 242 valence electrons. The number of anilines is 1. The molecule has 0 spiro atoms. The molecule has 0 radical (unpaired) electrons. The van der Waals surface area contributed by atoms with Gasteiger partial charge in [-0.05, 0) is 74.5 Å². The van der Waals surface area contributed by atoms with Crippen LogP contribution >= 0.6 is 15.9 Å². The van der Waals surface area contributed by atoms with Gasteiger partial charge in [-0.25, -0.2) is 14.2 Å². The molecule has 2 aliphatic rings. The number of amides is 1. The minimum atomic E-state index is -1.29. The molecule has 2 aliphatic heterocycles. The van der Waals surface area contributed by atoms with E-state index >= 15 is 4.39 Å². The van der Waals surface area contributed by atoms with E-state index in [9.17, 15) is 4.79 Å². The fourth-order valence-electron chi connectivity index (χ4n) is 5.77. The Kier molecular flexibility index (Phi) is 10.7. The zero-order valence-corrected chi connectivity index (χ0v) is 31.1. The second-order valence-electron chi connectivity index (χ2n) is 15.5. The molecular formula is C30H51BrFN5O4Si2. The maximum atomic E-state index is 16.8. The van der Waals surface area contributed by atoms with E-state index in [-0.39, 0.29) is 37.6 Å². The maximum absolute atomic E-state index is 16.8. The van der Waals surface area contributed by atoms with Crippen LogP contribution in [0.2, 0.25) is 51.4 Å². The molecule has 9 nitrogen and oxygen atoms in total. The van der Waals surface area contributed by atoms with Crippen LogP contribution in [0.5, 0.6) is 0 Å². The summed E-state index contributed by atoms with van der Waals surface area (Å²) in [6.45, 7) is 21.1. The highest BCUT2D eigenvalue weighted by atomic mass is 79.9. The third kappa shape index (κ3) is 9.02. The van der Waals surface area contributed by atoms with Gasteiger partial charge in [0.2, 0.25) is 0 Å². The van der Waals surface area contributed by atoms with Crippen LogP contribution in [0.15, 0.2) is 10.7 Å². The van der Waals surface area contributed by atoms with Crippen LogP contribution in [0, 0.1) is 5.82 Å². The van der Waals surface area contributed by atoms with Crippen LogP contribution in [0.25, 0.3) is 5.65 Å². The number of rotatable bonds is 12. The molecule has 2 bridgehead atoms. The summed E-state index contributed by atoms with van der Waals surface area (Å²) in [5.41, 5.74) is 0.411. The molecule has 0 unspecified atom stereocenters. The maximum Gasteiger partial charge on any atom is 0.410 e. The van der Waals surface area contributed by atoms with Crippen molar-refractivity contribution < 1.29 is 23.4 Å². The van der Waals surface area contributed by atoms with E-state index < -0.39 is 27.6 Å². The van der Waals surface area contributed by atoms with E-state index in [1.165, 1.54) is 0 Å². The Morgan fingerprint density at radius 3 is 2.05 bits per heavy atom. The van der Waals surface area contributed by atoms with Crippen molar-refractivity contribution in [2.24, 2.45) is 0 Å². The molecule has 2 saturated heterocycles. The van der Waals surface area contributed by atoms with Gasteiger partial charge in [0.15, 0.2) is 17.3 Å². The molecule has 43 heavy (non-hydrogen) atoms. The first-order valence-electron chi connectivity index (χ1n) is 15.6. The zero-order valence-electron chi connectivity index (χ0n) is 27.5. The molecule has 4 rings (SSSR count). The predicted molar refractivity (Wildman–Crippen MR) is 178 cm³/mol. The van der Waals surface area contributed by atoms with Crippen LogP contribution < -0.4 is 4.90 Å². The highest BCUT2D eigenvalue weighted by Crippen LogP contribution is 2.45. The normalized spacial score (nSPS) is 21.1. The third-order valence-corrected chi connectivity index (χ3v) is 12.0. The number of hydrogen-bond acceptors (Lipinski definition) is 7. The monoisotopic (exact) mass is 699 g/mol. The molecule has 0 saturated carbocycles. The van der Waals surface area contributed by atoms with E-state index in [1.807, 2.05) is 30.6 Å². The number of hydrogen-bond donors (Lipinski definition) is 0. The van der Waals surface area contributed by atoms with E-state index in [0.717, 1.165) is 24.9 Å². The van der Waals surface area contributed by atoms with E-state index in [1.54, 1.807) is 10.7 Å². The number of aromatic nitrogens is 3. The van der Waals surface area contributed by atoms with Crippen molar-refractivity contribution in [3.63, 3.8) is 0 Å². The van der Waals surface area contributed by atoms with Gasteiger partial charge >= 0.3 is 6.09 Å². The van der Waals surface area contributed by atoms with Crippen molar-refractivity contribution in [1.82, 2.24) is 19.5 Å². The summed E-state index contributed by atoms with van der Waals surface area (Å²) in [7, 11) is -2.59. The lowest BCUT2D eigenvalue weighted by molar-refractivity contribution is 0.00558. The van der Waals surface area contributed by atoms with Gasteiger partial charge in [0, 0.05) is 47.4 Å². The highest BCUT2D eigenvalue weighted by Gasteiger charge is 2.46. The number of piperidine rings is 1. The van der Waals surface area contributed by atoms with Gasteiger partial charge in [-0.2, -0.15) is 9.61 Å². The lowest BCUT2D eigenvalue weighted by atomic mass is 9.87. The minimum absolute atomic E-state index is 0.00118. The summed E-state index contributed by atoms with van der Waals surface area (Å²) in [5.74, 6) is -0.237. The van der Waals surface area contributed by atoms with Gasteiger partial charge in [0.05, 0.1) is 16.4 Å². The number of ether oxygens (including phenoxy) is 3. The number of carbonyl (C=O) groups excluding carboxylic acids is 1. The standard InChI is InChI=1S/C30H51BrFN5O4Si2/c1-30(2,3)41-29(38)36-22-10-11-23(36)17-21(16-22)26-25(32)28(37-27(34-26)24(31)18-33-37)35(19-39-12-14-42(4,5)6)20-40-13-15-43(7,8)9/h18,21-23H,10-17,19-20H2,1-9H3/t21-,22-,23+. The topological polar surface area (TPSA) is 81.4 Å². The summed E-state index contributed by atoms with van der Waals surface area (Å²) in [6, 6.07) is 2.03. The minimum Gasteiger partial charge on any atom is -0.444 e. The molecule has 0 aliphatic carbocycles. The van der Waals surface area contributed by atoms with Gasteiger partial charge in [-0.3, -0.25) is 0 Å². The highest BCUT2D eigenvalue weighted by molar-refractivity contribution is 9.10. The van der Waals surface area contributed by atoms with Crippen molar-refractivity contribution in [2.45, 2.75) is 121 Å². The molecule has 4 heterocycles. The largest absolute Gasteiger partial charge is 0.444 e. The van der Waals surface area contributed by atoms with Gasteiger partial charge in [-0.1, -0.05) is 39.3 Å². The zero-order chi connectivity index (χ0) is 31.7. The Morgan fingerprint density at radius 1 is 1.02 bits per heavy atom. The SMILES string of the molecule is CC(C)(C)OC(=O)N1[C@@H]2CC[C@H]1C[C@H](c1nc3c(Br)cnn3c(N(COCC[Si](C)(C)C)COCC[Si](C)(C)C)c1F)C2. The first-order chi connectivity index (χ1) is 19.9. The number of halogens is 2. The number of carbonyl (C=O) groups is 1. The van der Waals surface area contributed by atoms with Crippen LogP contribution in [0.3, 0.4) is 0 Å². The lowest BCUT2D eigenvalue weighted by Crippen LogP contribution is -2.48. The van der Waals surface area contributed by atoms with Crippen molar-refractivity contribution in [1.29, 1.82) is 0 Å². The van der Waals surface area contributed by atoms with E-state index in [2.05, 4.69) is 60.3 Å². The number of fused-ring (bicyclic) bond motifs is 3. The molecule has 3 atom stereocenters. The van der Waals surface area contributed by atoms with E-state index in [0.29, 0.717) is 47.7 Å². The van der Waals surface area contributed by atoms with Crippen molar-refractivity contribution in [3.05, 3.63) is 22.2 Å². The van der Waals surface area contributed by atoms with Crippen LogP contribution in [0.4, 0.5) is 15.0 Å². The van der Waals surface area contributed by atoms with E-state index in [4.69, 9.17) is 19.2 Å². The summed E-state index contributed by atoms with van der Waals surface area (Å²) in [6.07, 6.45) is 4.42. The van der Waals surface area contributed by atoms with Gasteiger partial charge in [-0.15, -0.1) is 0 Å². The van der Waals surface area contributed by atoms with Crippen molar-refractivity contribution >= 4 is 49.6 Å². The number of nitrogens with zero attached hydrogens (tertiary/aromatic N) is 5. The fraction of sp³-hybridized carbons (Fsp3) is 0.767. The smallest absolute Gasteiger partial charge is 0.410 e. The van der Waals surface area contributed by atoms with Crippen molar-refractivity contribution in [3.8, 4) is 0 Å². The molecule has 2 aromatic rings. The molecule has 2 aromatic heterocycles. The molecule has 0 aromatic carbocycles. The summed E-state index contributed by atoms with van der Waals surface area (Å²) in [5, 5.41) is 4.49. The second kappa shape index (κ2) is 13.4. The Bertz CT molecular complexity index is 1240. The Labute approximate surface area is 267 Å². The van der Waals surface area contributed by atoms with Crippen LogP contribution in [0.1, 0.15) is 58.1 Å². The third-order valence-electron chi connectivity index (χ3n) is 8.06. The summed E-state index contributed by atoms with van der Waals surface area (Å²) < 4.78 is 37.1. The van der Waals surface area contributed by atoms with Gasteiger partial charge in [0.25, 0.3) is 0 Å². The van der Waals surface area contributed by atoms with Gasteiger partial charge < -0.3 is 24.0 Å². The van der Waals surface area contributed by atoms with Gasteiger partial charge in [0.1, 0.15) is 19.1 Å². The summed E-state index contributed by atoms with van der Waals surface area (Å²) in [4.78, 5) is 21.6. The van der Waals surface area contributed by atoms with Crippen LogP contribution in [-0.2, 0) is 14.2 Å². The molecule has 0 N–H and O–H groups in total. The van der Waals surface area contributed by atoms with Crippen molar-refractivity contribution in [2.75, 3.05) is 31.6 Å². The Morgan fingerprint density at radius 2 is 1.56 bits per heavy atom. The molecule has 1 amide bonds. The average Bonchev–Trinajstić information content (AvgIpc) is 3.36. The first kappa shape index (κ1) is 34.3. The molecule has 2 fully saturated rings. The fourth-order valence-corrected chi connectivity index (χ4v) is 7.63. The molecule has 13 heteroatoms. The first-order valence-corrected chi connectivity index (χ1v) is 23.8. The second-order valence-corrected chi connectivity index (χ2v) is 27.6. The quantitative estimate of drug-likeness (QED) is 0.128.